The Morgan fingerprint density at radius 3 is 2.05 bits per heavy atom. The summed E-state index contributed by atoms with van der Waals surface area (Å²) in [7, 11) is 0. The molecule has 19 heavy (non-hydrogen) atoms. The fourth-order valence-corrected chi connectivity index (χ4v) is 1.95. The number of halogens is 1. The van der Waals surface area contributed by atoms with E-state index in [-0.39, 0.29) is 18.1 Å². The van der Waals surface area contributed by atoms with Gasteiger partial charge in [0.05, 0.1) is 23.8 Å². The first-order chi connectivity index (χ1) is 8.81. The quantitative estimate of drug-likeness (QED) is 0.627. The van der Waals surface area contributed by atoms with Crippen molar-refractivity contribution in [2.24, 2.45) is 17.2 Å². The Morgan fingerprint density at radius 2 is 1.68 bits per heavy atom. The number of rotatable bonds is 6. The molecule has 0 aliphatic heterocycles. The predicted octanol–water partition coefficient (Wildman–Crippen LogP) is -0.249. The normalized spacial score (nSPS) is 9.95. The molecule has 0 aliphatic rings. The minimum atomic E-state index is -0.601. The number of nitrogens with zero attached hydrogens (tertiary/aromatic N) is 1. The van der Waals surface area contributed by atoms with Gasteiger partial charge in [-0.3, -0.25) is 9.59 Å². The van der Waals surface area contributed by atoms with Crippen molar-refractivity contribution in [2.45, 2.75) is 0 Å². The number of primary amides is 2. The third-order valence-electron chi connectivity index (χ3n) is 2.27. The van der Waals surface area contributed by atoms with E-state index in [0.29, 0.717) is 16.3 Å². The second-order valence-corrected chi connectivity index (χ2v) is 4.67. The van der Waals surface area contributed by atoms with Crippen LogP contribution in [-0.4, -0.2) is 29.9 Å². The van der Waals surface area contributed by atoms with Crippen molar-refractivity contribution in [1.29, 1.82) is 0 Å². The van der Waals surface area contributed by atoms with E-state index in [9.17, 15) is 9.59 Å². The summed E-state index contributed by atoms with van der Waals surface area (Å²) in [5.74, 6) is -1.20. The maximum absolute atomic E-state index is 11.0. The van der Waals surface area contributed by atoms with E-state index in [2.05, 4.69) is 0 Å². The van der Waals surface area contributed by atoms with Crippen LogP contribution in [0, 0.1) is 0 Å². The number of nitrogens with two attached hydrogens (primary N) is 3. The monoisotopic (exact) mass is 300 g/mol. The Balaban J connectivity index is 3.11. The highest BCUT2D eigenvalue weighted by atomic mass is 35.5. The van der Waals surface area contributed by atoms with Crippen LogP contribution < -0.4 is 22.1 Å². The van der Waals surface area contributed by atoms with Gasteiger partial charge in [-0.25, -0.2) is 0 Å². The van der Waals surface area contributed by atoms with E-state index in [0.717, 1.165) is 0 Å². The van der Waals surface area contributed by atoms with Crippen LogP contribution in [0.4, 0.5) is 5.69 Å². The minimum absolute atomic E-state index is 0.172. The van der Waals surface area contributed by atoms with Crippen molar-refractivity contribution in [3.05, 3.63) is 28.8 Å². The van der Waals surface area contributed by atoms with Crippen LogP contribution in [0.15, 0.2) is 18.2 Å². The molecule has 0 fully saturated rings. The molecular formula is C11H13ClN4O2S. The summed E-state index contributed by atoms with van der Waals surface area (Å²) in [6, 6.07) is 4.79. The van der Waals surface area contributed by atoms with Crippen molar-refractivity contribution < 1.29 is 9.59 Å². The van der Waals surface area contributed by atoms with E-state index in [1.807, 2.05) is 0 Å². The van der Waals surface area contributed by atoms with Gasteiger partial charge in [-0.05, 0) is 18.2 Å². The maximum atomic E-state index is 11.0. The lowest BCUT2D eigenvalue weighted by atomic mass is 10.2. The SMILES string of the molecule is NC(=O)CN(CC(N)=O)c1ccc(C(N)=S)cc1Cl. The molecule has 1 aromatic rings. The van der Waals surface area contributed by atoms with Crippen LogP contribution in [0.3, 0.4) is 0 Å². The van der Waals surface area contributed by atoms with E-state index in [1.54, 1.807) is 18.2 Å². The second-order valence-electron chi connectivity index (χ2n) is 3.82. The van der Waals surface area contributed by atoms with E-state index < -0.39 is 11.8 Å². The molecule has 0 radical (unpaired) electrons. The molecule has 6 nitrogen and oxygen atoms in total. The molecule has 8 heteroatoms. The molecule has 2 amide bonds. The van der Waals surface area contributed by atoms with Crippen LogP contribution >= 0.6 is 23.8 Å². The van der Waals surface area contributed by atoms with Gasteiger partial charge in [-0.1, -0.05) is 23.8 Å². The average molecular weight is 301 g/mol. The molecule has 6 N–H and O–H groups in total. The highest BCUT2D eigenvalue weighted by molar-refractivity contribution is 7.80. The third-order valence-corrected chi connectivity index (χ3v) is 2.80. The van der Waals surface area contributed by atoms with Gasteiger partial charge in [0.25, 0.3) is 0 Å². The molecule has 0 atom stereocenters. The Hall–Kier alpha value is -1.86. The number of benzene rings is 1. The minimum Gasteiger partial charge on any atom is -0.389 e. The van der Waals surface area contributed by atoms with Crippen LogP contribution in [0.25, 0.3) is 0 Å². The molecule has 1 rings (SSSR count). The van der Waals surface area contributed by atoms with Crippen molar-refractivity contribution in [2.75, 3.05) is 18.0 Å². The summed E-state index contributed by atoms with van der Waals surface area (Å²) in [5.41, 5.74) is 16.8. The summed E-state index contributed by atoms with van der Waals surface area (Å²) in [4.78, 5) is 23.6. The number of anilines is 1. The molecule has 0 aliphatic carbocycles. The number of amides is 2. The zero-order valence-corrected chi connectivity index (χ0v) is 11.5. The van der Waals surface area contributed by atoms with Crippen molar-refractivity contribution in [3.8, 4) is 0 Å². The lowest BCUT2D eigenvalue weighted by molar-refractivity contribution is -0.117. The molecule has 0 spiro atoms. The fraction of sp³-hybridized carbons (Fsp3) is 0.182. The average Bonchev–Trinajstić information content (AvgIpc) is 2.26. The lowest BCUT2D eigenvalue weighted by Gasteiger charge is -2.23. The van der Waals surface area contributed by atoms with E-state index >= 15 is 0 Å². The summed E-state index contributed by atoms with van der Waals surface area (Å²) in [6.45, 7) is -0.343. The smallest absolute Gasteiger partial charge is 0.236 e. The van der Waals surface area contributed by atoms with E-state index in [4.69, 9.17) is 41.0 Å². The lowest BCUT2D eigenvalue weighted by Crippen LogP contribution is -2.39. The van der Waals surface area contributed by atoms with Gasteiger partial charge in [-0.2, -0.15) is 0 Å². The van der Waals surface area contributed by atoms with Gasteiger partial charge >= 0.3 is 0 Å². The molecule has 0 bridgehead atoms. The third kappa shape index (κ3) is 4.38. The fourth-order valence-electron chi connectivity index (χ4n) is 1.52. The summed E-state index contributed by atoms with van der Waals surface area (Å²) >= 11 is 10.9. The van der Waals surface area contributed by atoms with Gasteiger partial charge < -0.3 is 22.1 Å². The Morgan fingerprint density at radius 1 is 1.16 bits per heavy atom. The maximum Gasteiger partial charge on any atom is 0.236 e. The Labute approximate surface area is 120 Å². The topological polar surface area (TPSA) is 115 Å². The second kappa shape index (κ2) is 6.35. The van der Waals surface area contributed by atoms with Crippen molar-refractivity contribution in [3.63, 3.8) is 0 Å². The predicted molar refractivity (Wildman–Crippen MR) is 77.9 cm³/mol. The van der Waals surface area contributed by atoms with Gasteiger partial charge in [0, 0.05) is 5.56 Å². The molecule has 0 aromatic heterocycles. The van der Waals surface area contributed by atoms with Gasteiger partial charge in [-0.15, -0.1) is 0 Å². The number of hydrogen-bond donors (Lipinski definition) is 3. The molecule has 0 heterocycles. The molecule has 102 valence electrons. The van der Waals surface area contributed by atoms with Gasteiger partial charge in [0.15, 0.2) is 0 Å². The van der Waals surface area contributed by atoms with Gasteiger partial charge in [0.1, 0.15) is 4.99 Å². The molecule has 0 saturated heterocycles. The number of hydrogen-bond acceptors (Lipinski definition) is 4. The van der Waals surface area contributed by atoms with Crippen molar-refractivity contribution >= 4 is 46.3 Å². The standard InChI is InChI=1S/C11H13ClN4O2S/c12-7-3-6(11(15)19)1-2-8(7)16(4-9(13)17)5-10(14)18/h1-3H,4-5H2,(H2,13,17)(H2,14,18)(H2,15,19). The van der Waals surface area contributed by atoms with Crippen LogP contribution in [0.2, 0.25) is 5.02 Å². The zero-order valence-electron chi connectivity index (χ0n) is 9.93. The molecular weight excluding hydrogens is 288 g/mol. The zero-order chi connectivity index (χ0) is 14.6. The van der Waals surface area contributed by atoms with E-state index in [1.165, 1.54) is 4.90 Å². The molecule has 0 unspecified atom stereocenters. The summed E-state index contributed by atoms with van der Waals surface area (Å²) < 4.78 is 0. The first-order valence-corrected chi connectivity index (χ1v) is 6.00. The molecule has 1 aromatic carbocycles. The molecule has 0 saturated carbocycles. The van der Waals surface area contributed by atoms with Crippen LogP contribution in [-0.2, 0) is 9.59 Å². The first-order valence-electron chi connectivity index (χ1n) is 5.22. The Bertz CT molecular complexity index is 519. The number of carbonyl (C=O) groups excluding carboxylic acids is 2. The summed E-state index contributed by atoms with van der Waals surface area (Å²) in [6.07, 6.45) is 0. The Kier molecular flexibility index (Phi) is 5.08. The van der Waals surface area contributed by atoms with Crippen molar-refractivity contribution in [1.82, 2.24) is 0 Å². The van der Waals surface area contributed by atoms with Crippen LogP contribution in [0.5, 0.6) is 0 Å². The number of thiocarbonyl (C=S) groups is 1. The largest absolute Gasteiger partial charge is 0.389 e. The highest BCUT2D eigenvalue weighted by Crippen LogP contribution is 2.26. The van der Waals surface area contributed by atoms with Gasteiger partial charge in [0.2, 0.25) is 11.8 Å². The summed E-state index contributed by atoms with van der Waals surface area (Å²) in [5, 5.41) is 0.299. The first kappa shape index (κ1) is 15.2. The number of carbonyl (C=O) groups is 2. The highest BCUT2D eigenvalue weighted by Gasteiger charge is 2.15. The van der Waals surface area contributed by atoms with Crippen LogP contribution in [0.1, 0.15) is 5.56 Å².